The monoisotopic (exact) mass is 383 g/mol. The minimum Gasteiger partial charge on any atom is -0.349 e. The molecular weight excluding hydrogens is 354 g/mol. The third-order valence-corrected chi connectivity index (χ3v) is 6.91. The van der Waals surface area contributed by atoms with Gasteiger partial charge in [-0.1, -0.05) is 19.9 Å². The number of fused-ring (bicyclic) bond motifs is 1. The Morgan fingerprint density at radius 2 is 2.22 bits per heavy atom. The highest BCUT2D eigenvalue weighted by atomic mass is 32.1. The Balaban J connectivity index is 1.39. The molecule has 4 rings (SSSR count). The van der Waals surface area contributed by atoms with Crippen LogP contribution in [0.4, 0.5) is 0 Å². The number of carbonyl (C=O) groups excluding carboxylic acids is 1. The van der Waals surface area contributed by atoms with E-state index in [0.717, 1.165) is 50.2 Å². The Kier molecular flexibility index (Phi) is 5.60. The fourth-order valence-corrected chi connectivity index (χ4v) is 5.11. The van der Waals surface area contributed by atoms with Gasteiger partial charge in [0.2, 0.25) is 0 Å². The van der Waals surface area contributed by atoms with Crippen LogP contribution in [0.5, 0.6) is 0 Å². The van der Waals surface area contributed by atoms with Crippen LogP contribution in [0.15, 0.2) is 23.7 Å². The number of hydrogen-bond acceptors (Lipinski definition) is 4. The lowest BCUT2D eigenvalue weighted by atomic mass is 10.0. The highest BCUT2D eigenvalue weighted by Gasteiger charge is 2.32. The molecule has 144 valence electrons. The van der Waals surface area contributed by atoms with E-state index >= 15 is 0 Å². The van der Waals surface area contributed by atoms with E-state index in [1.165, 1.54) is 28.8 Å². The molecule has 3 heterocycles. The maximum Gasteiger partial charge on any atom is 0.252 e. The maximum atomic E-state index is 12.8. The Labute approximate surface area is 166 Å². The minimum absolute atomic E-state index is 0.136. The van der Waals surface area contributed by atoms with E-state index in [0.29, 0.717) is 12.0 Å². The van der Waals surface area contributed by atoms with Crippen molar-refractivity contribution in [3.63, 3.8) is 0 Å². The molecule has 1 saturated carbocycles. The van der Waals surface area contributed by atoms with Crippen LogP contribution >= 0.6 is 11.3 Å². The van der Waals surface area contributed by atoms with Crippen LogP contribution in [0.2, 0.25) is 0 Å². The Morgan fingerprint density at radius 3 is 2.89 bits per heavy atom. The Bertz CT molecular complexity index is 794. The smallest absolute Gasteiger partial charge is 0.252 e. The number of amides is 1. The van der Waals surface area contributed by atoms with Gasteiger partial charge in [0.1, 0.15) is 0 Å². The molecule has 1 unspecified atom stereocenters. The summed E-state index contributed by atoms with van der Waals surface area (Å²) < 4.78 is 0. The molecule has 0 bridgehead atoms. The van der Waals surface area contributed by atoms with Gasteiger partial charge in [-0.2, -0.15) is 0 Å². The molecule has 0 radical (unpaired) electrons. The average Bonchev–Trinajstić information content (AvgIpc) is 3.45. The van der Waals surface area contributed by atoms with Crippen LogP contribution in [0.1, 0.15) is 65.2 Å². The van der Waals surface area contributed by atoms with Crippen molar-refractivity contribution >= 4 is 17.2 Å². The molecule has 0 spiro atoms. The highest BCUT2D eigenvalue weighted by Crippen LogP contribution is 2.35. The standard InChI is InChI=1S/C22H29N3OS/c1-3-15-5-8-17(23-11-15)12-25-10-9-18-19(14-27-21(18)13-25)22(26)24-20(4-2)16-6-7-16/h5,8,11,14,16,20H,3-4,6-7,9-10,12-13H2,1-2H3,(H,24,26). The fourth-order valence-electron chi connectivity index (χ4n) is 3.99. The van der Waals surface area contributed by atoms with Crippen molar-refractivity contribution in [2.75, 3.05) is 6.54 Å². The molecule has 1 aliphatic carbocycles. The van der Waals surface area contributed by atoms with Gasteiger partial charge in [-0.25, -0.2) is 0 Å². The molecule has 0 aromatic carbocycles. The second kappa shape index (κ2) is 8.11. The number of rotatable bonds is 7. The van der Waals surface area contributed by atoms with Gasteiger partial charge >= 0.3 is 0 Å². The topological polar surface area (TPSA) is 45.2 Å². The van der Waals surface area contributed by atoms with E-state index in [9.17, 15) is 4.79 Å². The minimum atomic E-state index is 0.136. The summed E-state index contributed by atoms with van der Waals surface area (Å²) in [4.78, 5) is 21.2. The van der Waals surface area contributed by atoms with Gasteiger partial charge in [0, 0.05) is 42.1 Å². The number of nitrogens with one attached hydrogen (secondary N) is 1. The van der Waals surface area contributed by atoms with E-state index in [1.807, 2.05) is 6.20 Å². The van der Waals surface area contributed by atoms with Gasteiger partial charge in [0.05, 0.1) is 11.3 Å². The molecular formula is C22H29N3OS. The van der Waals surface area contributed by atoms with Crippen molar-refractivity contribution < 1.29 is 4.79 Å². The molecule has 1 N–H and O–H groups in total. The molecule has 2 aromatic heterocycles. The van der Waals surface area contributed by atoms with E-state index in [1.54, 1.807) is 11.3 Å². The maximum absolute atomic E-state index is 12.8. The number of thiophene rings is 1. The summed E-state index contributed by atoms with van der Waals surface area (Å²) >= 11 is 1.74. The lowest BCUT2D eigenvalue weighted by molar-refractivity contribution is 0.0929. The van der Waals surface area contributed by atoms with Crippen LogP contribution in [-0.4, -0.2) is 28.4 Å². The predicted molar refractivity (Wildman–Crippen MR) is 110 cm³/mol. The van der Waals surface area contributed by atoms with Crippen molar-refractivity contribution in [2.24, 2.45) is 5.92 Å². The fraction of sp³-hybridized carbons (Fsp3) is 0.545. The van der Waals surface area contributed by atoms with Crippen molar-refractivity contribution in [1.82, 2.24) is 15.2 Å². The van der Waals surface area contributed by atoms with Crippen LogP contribution in [-0.2, 0) is 25.9 Å². The summed E-state index contributed by atoms with van der Waals surface area (Å²) in [5.74, 6) is 0.840. The lowest BCUT2D eigenvalue weighted by Gasteiger charge is -2.27. The van der Waals surface area contributed by atoms with Gasteiger partial charge in [-0.15, -0.1) is 11.3 Å². The van der Waals surface area contributed by atoms with Gasteiger partial charge in [-0.3, -0.25) is 14.7 Å². The van der Waals surface area contributed by atoms with Gasteiger partial charge in [0.25, 0.3) is 5.91 Å². The zero-order valence-corrected chi connectivity index (χ0v) is 17.1. The first-order valence-corrected chi connectivity index (χ1v) is 11.1. The van der Waals surface area contributed by atoms with Crippen molar-refractivity contribution in [3.05, 3.63) is 51.0 Å². The van der Waals surface area contributed by atoms with Crippen molar-refractivity contribution in [1.29, 1.82) is 0 Å². The van der Waals surface area contributed by atoms with Crippen molar-refractivity contribution in [2.45, 2.75) is 65.1 Å². The third kappa shape index (κ3) is 4.25. The number of hydrogen-bond donors (Lipinski definition) is 1. The van der Waals surface area contributed by atoms with Crippen LogP contribution in [0, 0.1) is 5.92 Å². The first kappa shape index (κ1) is 18.6. The van der Waals surface area contributed by atoms with E-state index in [-0.39, 0.29) is 5.91 Å². The molecule has 5 heteroatoms. The number of aromatic nitrogens is 1. The van der Waals surface area contributed by atoms with Gasteiger partial charge in [0.15, 0.2) is 0 Å². The summed E-state index contributed by atoms with van der Waals surface area (Å²) in [6, 6.07) is 4.67. The first-order valence-electron chi connectivity index (χ1n) is 10.2. The molecule has 4 nitrogen and oxygen atoms in total. The van der Waals surface area contributed by atoms with E-state index < -0.39 is 0 Å². The molecule has 27 heavy (non-hydrogen) atoms. The summed E-state index contributed by atoms with van der Waals surface area (Å²) in [7, 11) is 0. The molecule has 2 aliphatic rings. The summed E-state index contributed by atoms with van der Waals surface area (Å²) in [5.41, 5.74) is 4.60. The number of pyridine rings is 1. The lowest BCUT2D eigenvalue weighted by Crippen LogP contribution is -2.37. The molecule has 1 fully saturated rings. The summed E-state index contributed by atoms with van der Waals surface area (Å²) in [5, 5.41) is 5.35. The number of carbonyl (C=O) groups is 1. The van der Waals surface area contributed by atoms with Crippen molar-refractivity contribution in [3.8, 4) is 0 Å². The third-order valence-electron chi connectivity index (χ3n) is 5.90. The Morgan fingerprint density at radius 1 is 1.37 bits per heavy atom. The second-order valence-electron chi connectivity index (χ2n) is 7.85. The molecule has 1 atom stereocenters. The first-order chi connectivity index (χ1) is 13.2. The normalized spacial score (nSPS) is 18.1. The van der Waals surface area contributed by atoms with E-state index in [4.69, 9.17) is 0 Å². The number of aryl methyl sites for hydroxylation is 1. The molecule has 1 amide bonds. The van der Waals surface area contributed by atoms with Crippen LogP contribution in [0.3, 0.4) is 0 Å². The second-order valence-corrected chi connectivity index (χ2v) is 8.81. The van der Waals surface area contributed by atoms with Gasteiger partial charge in [-0.05, 0) is 55.2 Å². The molecule has 1 aliphatic heterocycles. The van der Waals surface area contributed by atoms with Crippen LogP contribution < -0.4 is 5.32 Å². The predicted octanol–water partition coefficient (Wildman–Crippen LogP) is 4.18. The SMILES string of the molecule is CCc1ccc(CN2CCc3c(C(=O)NC(CC)C4CC4)csc3C2)nc1. The highest BCUT2D eigenvalue weighted by molar-refractivity contribution is 7.10. The van der Waals surface area contributed by atoms with Crippen LogP contribution in [0.25, 0.3) is 0 Å². The molecule has 2 aromatic rings. The summed E-state index contributed by atoms with van der Waals surface area (Å²) in [6.45, 7) is 7.11. The molecule has 0 saturated heterocycles. The van der Waals surface area contributed by atoms with Gasteiger partial charge < -0.3 is 5.32 Å². The average molecular weight is 384 g/mol. The largest absolute Gasteiger partial charge is 0.349 e. The quantitative estimate of drug-likeness (QED) is 0.780. The number of nitrogens with zero attached hydrogens (tertiary/aromatic N) is 2. The Hall–Kier alpha value is -1.72. The zero-order valence-electron chi connectivity index (χ0n) is 16.3. The summed E-state index contributed by atoms with van der Waals surface area (Å²) in [6.07, 6.45) is 7.53. The van der Waals surface area contributed by atoms with E-state index in [2.05, 4.69) is 46.6 Å². The zero-order chi connectivity index (χ0) is 18.8.